The van der Waals surface area contributed by atoms with Crippen LogP contribution in [0.5, 0.6) is 5.75 Å². The normalized spacial score (nSPS) is 10.6. The summed E-state index contributed by atoms with van der Waals surface area (Å²) in [6.07, 6.45) is 1.28. The van der Waals surface area contributed by atoms with Crippen LogP contribution in [0.4, 0.5) is 15.8 Å². The predicted molar refractivity (Wildman–Crippen MR) is 130 cm³/mol. The molecule has 0 aliphatic heterocycles. The first-order valence-electron chi connectivity index (χ1n) is 9.99. The van der Waals surface area contributed by atoms with Gasteiger partial charge in [-0.05, 0) is 61.5 Å². The number of carbonyl (C=O) groups is 3. The standard InChI is InChI=1S/C24H20BrFN4O4/c1-15-2-7-19(8-3-15)28-22(31)14-34-21-11-4-17(25)12-16(21)13-27-30-24(33)23(32)29-20-9-5-18(26)6-10-20/h2-13H,14H2,1H3,(H,28,31)(H,29,32)(H,30,33)/b27-13-. The van der Waals surface area contributed by atoms with Crippen LogP contribution in [0.3, 0.4) is 0 Å². The second-order valence-corrected chi connectivity index (χ2v) is 7.96. The van der Waals surface area contributed by atoms with E-state index in [1.165, 1.54) is 18.3 Å². The number of hydrazone groups is 1. The Kier molecular flexibility index (Phi) is 8.47. The van der Waals surface area contributed by atoms with Gasteiger partial charge in [-0.3, -0.25) is 14.4 Å². The second kappa shape index (κ2) is 11.7. The molecular weight excluding hydrogens is 507 g/mol. The van der Waals surface area contributed by atoms with Crippen molar-refractivity contribution < 1.29 is 23.5 Å². The summed E-state index contributed by atoms with van der Waals surface area (Å²) in [5, 5.41) is 8.84. The van der Waals surface area contributed by atoms with Crippen molar-refractivity contribution in [3.05, 3.63) is 88.1 Å². The Labute approximate surface area is 203 Å². The minimum Gasteiger partial charge on any atom is -0.483 e. The zero-order chi connectivity index (χ0) is 24.5. The van der Waals surface area contributed by atoms with Crippen LogP contribution >= 0.6 is 15.9 Å². The summed E-state index contributed by atoms with van der Waals surface area (Å²) in [7, 11) is 0. The molecule has 3 aromatic carbocycles. The molecule has 0 saturated heterocycles. The molecule has 10 heteroatoms. The quantitative estimate of drug-likeness (QED) is 0.245. The number of hydrogen-bond acceptors (Lipinski definition) is 5. The lowest BCUT2D eigenvalue weighted by Crippen LogP contribution is -2.32. The third-order valence-corrected chi connectivity index (χ3v) is 4.84. The number of ether oxygens (including phenoxy) is 1. The maximum Gasteiger partial charge on any atom is 0.329 e. The van der Waals surface area contributed by atoms with Gasteiger partial charge in [-0.15, -0.1) is 0 Å². The molecule has 0 atom stereocenters. The van der Waals surface area contributed by atoms with E-state index >= 15 is 0 Å². The molecule has 0 bridgehead atoms. The number of hydrogen-bond donors (Lipinski definition) is 3. The Balaban J connectivity index is 1.56. The minimum atomic E-state index is -1.02. The summed E-state index contributed by atoms with van der Waals surface area (Å²) in [5.41, 5.74) is 4.55. The minimum absolute atomic E-state index is 0.247. The lowest BCUT2D eigenvalue weighted by molar-refractivity contribution is -0.136. The lowest BCUT2D eigenvalue weighted by atomic mass is 10.2. The number of benzene rings is 3. The molecule has 174 valence electrons. The van der Waals surface area contributed by atoms with Crippen molar-refractivity contribution in [1.29, 1.82) is 0 Å². The maximum absolute atomic E-state index is 12.9. The van der Waals surface area contributed by atoms with E-state index in [1.54, 1.807) is 30.3 Å². The van der Waals surface area contributed by atoms with Crippen LogP contribution in [0.25, 0.3) is 0 Å². The summed E-state index contributed by atoms with van der Waals surface area (Å²) < 4.78 is 19.2. The number of aryl methyl sites for hydroxylation is 1. The Morgan fingerprint density at radius 1 is 0.941 bits per heavy atom. The first kappa shape index (κ1) is 24.6. The van der Waals surface area contributed by atoms with Crippen LogP contribution in [0.1, 0.15) is 11.1 Å². The summed E-state index contributed by atoms with van der Waals surface area (Å²) >= 11 is 3.34. The van der Waals surface area contributed by atoms with Gasteiger partial charge in [0, 0.05) is 21.4 Å². The molecule has 3 rings (SSSR count). The molecule has 3 aromatic rings. The molecule has 0 aliphatic rings. The molecule has 0 saturated carbocycles. The first-order valence-corrected chi connectivity index (χ1v) is 10.8. The highest BCUT2D eigenvalue weighted by molar-refractivity contribution is 9.10. The summed E-state index contributed by atoms with van der Waals surface area (Å²) in [4.78, 5) is 36.1. The molecule has 34 heavy (non-hydrogen) atoms. The fourth-order valence-electron chi connectivity index (χ4n) is 2.66. The molecule has 0 radical (unpaired) electrons. The van der Waals surface area contributed by atoms with Crippen LogP contribution in [-0.4, -0.2) is 30.5 Å². The fourth-order valence-corrected chi connectivity index (χ4v) is 3.04. The van der Waals surface area contributed by atoms with Crippen LogP contribution in [0, 0.1) is 12.7 Å². The van der Waals surface area contributed by atoms with E-state index < -0.39 is 17.6 Å². The summed E-state index contributed by atoms with van der Waals surface area (Å²) in [6.45, 7) is 1.70. The Morgan fingerprint density at radius 3 is 2.29 bits per heavy atom. The monoisotopic (exact) mass is 526 g/mol. The van der Waals surface area contributed by atoms with Crippen LogP contribution in [-0.2, 0) is 14.4 Å². The van der Waals surface area contributed by atoms with Crippen molar-refractivity contribution in [2.45, 2.75) is 6.92 Å². The second-order valence-electron chi connectivity index (χ2n) is 7.05. The molecule has 0 aliphatic carbocycles. The van der Waals surface area contributed by atoms with Gasteiger partial charge in [0.1, 0.15) is 11.6 Å². The number of nitrogens with zero attached hydrogens (tertiary/aromatic N) is 1. The highest BCUT2D eigenvalue weighted by Crippen LogP contribution is 2.22. The molecular formula is C24H20BrFN4O4. The van der Waals surface area contributed by atoms with Gasteiger partial charge in [-0.25, -0.2) is 9.82 Å². The van der Waals surface area contributed by atoms with Gasteiger partial charge in [0.25, 0.3) is 5.91 Å². The van der Waals surface area contributed by atoms with Crippen LogP contribution in [0.15, 0.2) is 76.3 Å². The molecule has 3 N–H and O–H groups in total. The summed E-state index contributed by atoms with van der Waals surface area (Å²) in [6, 6.07) is 17.3. The molecule has 3 amide bonds. The number of carbonyl (C=O) groups excluding carboxylic acids is 3. The average molecular weight is 527 g/mol. The zero-order valence-electron chi connectivity index (χ0n) is 18.0. The largest absolute Gasteiger partial charge is 0.483 e. The number of rotatable bonds is 7. The van der Waals surface area contributed by atoms with Crippen molar-refractivity contribution >= 4 is 51.2 Å². The van der Waals surface area contributed by atoms with E-state index in [-0.39, 0.29) is 18.2 Å². The molecule has 0 fully saturated rings. The van der Waals surface area contributed by atoms with Gasteiger partial charge in [0.15, 0.2) is 6.61 Å². The van der Waals surface area contributed by atoms with E-state index in [4.69, 9.17) is 4.74 Å². The van der Waals surface area contributed by atoms with Gasteiger partial charge in [-0.2, -0.15) is 5.10 Å². The van der Waals surface area contributed by atoms with Gasteiger partial charge in [-0.1, -0.05) is 33.6 Å². The molecule has 0 heterocycles. The molecule has 0 unspecified atom stereocenters. The number of amides is 3. The SMILES string of the molecule is Cc1ccc(NC(=O)COc2ccc(Br)cc2/C=N\NC(=O)C(=O)Nc2ccc(F)cc2)cc1. The Hall–Kier alpha value is -4.05. The van der Waals surface area contributed by atoms with E-state index in [9.17, 15) is 18.8 Å². The van der Waals surface area contributed by atoms with Gasteiger partial charge in [0.2, 0.25) is 0 Å². The Morgan fingerprint density at radius 2 is 1.59 bits per heavy atom. The first-order chi connectivity index (χ1) is 16.3. The molecule has 8 nitrogen and oxygen atoms in total. The van der Waals surface area contributed by atoms with E-state index in [1.807, 2.05) is 19.1 Å². The van der Waals surface area contributed by atoms with Crippen molar-refractivity contribution in [3.63, 3.8) is 0 Å². The summed E-state index contributed by atoms with van der Waals surface area (Å²) in [5.74, 6) is -2.46. The smallest absolute Gasteiger partial charge is 0.329 e. The highest BCUT2D eigenvalue weighted by atomic mass is 79.9. The topological polar surface area (TPSA) is 109 Å². The van der Waals surface area contributed by atoms with Crippen molar-refractivity contribution in [1.82, 2.24) is 5.43 Å². The van der Waals surface area contributed by atoms with E-state index in [2.05, 4.69) is 37.1 Å². The average Bonchev–Trinajstić information content (AvgIpc) is 2.81. The van der Waals surface area contributed by atoms with Gasteiger partial charge < -0.3 is 15.4 Å². The molecule has 0 aromatic heterocycles. The lowest BCUT2D eigenvalue weighted by Gasteiger charge is -2.10. The molecule has 0 spiro atoms. The number of halogens is 2. The number of nitrogens with one attached hydrogen (secondary N) is 3. The van der Waals surface area contributed by atoms with Gasteiger partial charge >= 0.3 is 11.8 Å². The van der Waals surface area contributed by atoms with Gasteiger partial charge in [0.05, 0.1) is 6.21 Å². The van der Waals surface area contributed by atoms with E-state index in [0.29, 0.717) is 21.5 Å². The zero-order valence-corrected chi connectivity index (χ0v) is 19.6. The third-order valence-electron chi connectivity index (χ3n) is 4.34. The van der Waals surface area contributed by atoms with Crippen molar-refractivity contribution in [2.75, 3.05) is 17.2 Å². The maximum atomic E-state index is 12.9. The van der Waals surface area contributed by atoms with Crippen LogP contribution < -0.4 is 20.8 Å². The number of anilines is 2. The Bertz CT molecular complexity index is 1210. The van der Waals surface area contributed by atoms with Crippen molar-refractivity contribution in [2.24, 2.45) is 5.10 Å². The van der Waals surface area contributed by atoms with Crippen LogP contribution in [0.2, 0.25) is 0 Å². The predicted octanol–water partition coefficient (Wildman–Crippen LogP) is 4.00. The fraction of sp³-hybridized carbons (Fsp3) is 0.0833. The van der Waals surface area contributed by atoms with Crippen molar-refractivity contribution in [3.8, 4) is 5.75 Å². The van der Waals surface area contributed by atoms with E-state index in [0.717, 1.165) is 17.7 Å². The third kappa shape index (κ3) is 7.52. The highest BCUT2D eigenvalue weighted by Gasteiger charge is 2.13.